The van der Waals surface area contributed by atoms with E-state index in [1.54, 1.807) is 18.2 Å². The lowest BCUT2D eigenvalue weighted by atomic mass is 10.1. The zero-order chi connectivity index (χ0) is 24.1. The molecule has 1 saturated heterocycles. The normalized spacial score (nSPS) is 14.7. The van der Waals surface area contributed by atoms with Gasteiger partial charge in [0.25, 0.3) is 6.43 Å². The van der Waals surface area contributed by atoms with Crippen LogP contribution in [0.25, 0.3) is 11.3 Å². The molecule has 0 saturated carbocycles. The van der Waals surface area contributed by atoms with E-state index in [1.165, 1.54) is 20.3 Å². The smallest absolute Gasteiger partial charge is 0.280 e. The fourth-order valence-electron chi connectivity index (χ4n) is 3.86. The third-order valence-corrected chi connectivity index (χ3v) is 5.76. The van der Waals surface area contributed by atoms with Gasteiger partial charge >= 0.3 is 0 Å². The molecule has 0 radical (unpaired) electrons. The molecule has 4 rings (SSSR count). The molecule has 180 valence electrons. The van der Waals surface area contributed by atoms with Crippen LogP contribution < -0.4 is 19.7 Å². The highest BCUT2D eigenvalue weighted by molar-refractivity contribution is 5.65. The SMILES string of the molecule is COc1ccc(-c2cc(C(F)F)nc(N[C@@H](C)c3ccc(N4CCOCC4)cc3)n2)cc1OC. The Labute approximate surface area is 197 Å². The van der Waals surface area contributed by atoms with Gasteiger partial charge in [-0.25, -0.2) is 18.7 Å². The van der Waals surface area contributed by atoms with Gasteiger partial charge < -0.3 is 24.4 Å². The van der Waals surface area contributed by atoms with E-state index in [4.69, 9.17) is 14.2 Å². The second kappa shape index (κ2) is 10.6. The molecular formula is C25H28F2N4O3. The second-order valence-corrected chi connectivity index (χ2v) is 7.93. The summed E-state index contributed by atoms with van der Waals surface area (Å²) in [5.74, 6) is 1.16. The summed E-state index contributed by atoms with van der Waals surface area (Å²) in [5, 5.41) is 3.17. The molecule has 0 spiro atoms. The number of nitrogens with zero attached hydrogens (tertiary/aromatic N) is 3. The molecule has 0 amide bonds. The summed E-state index contributed by atoms with van der Waals surface area (Å²) in [5.41, 5.74) is 2.76. The number of alkyl halides is 2. The molecule has 7 nitrogen and oxygen atoms in total. The van der Waals surface area contributed by atoms with Crippen molar-refractivity contribution in [1.82, 2.24) is 9.97 Å². The molecule has 2 aromatic carbocycles. The molecule has 1 aliphatic rings. The van der Waals surface area contributed by atoms with E-state index in [0.29, 0.717) is 22.8 Å². The average molecular weight is 471 g/mol. The highest BCUT2D eigenvalue weighted by atomic mass is 19.3. The van der Waals surface area contributed by atoms with Gasteiger partial charge in [0.15, 0.2) is 11.5 Å². The van der Waals surface area contributed by atoms with Crippen LogP contribution in [0.2, 0.25) is 0 Å². The van der Waals surface area contributed by atoms with Gasteiger partial charge in [0.1, 0.15) is 5.69 Å². The average Bonchev–Trinajstić information content (AvgIpc) is 2.88. The summed E-state index contributed by atoms with van der Waals surface area (Å²) in [6, 6.07) is 14.4. The van der Waals surface area contributed by atoms with Gasteiger partial charge in [-0.3, -0.25) is 0 Å². The third-order valence-electron chi connectivity index (χ3n) is 5.76. The van der Waals surface area contributed by atoms with Crippen LogP contribution in [0, 0.1) is 0 Å². The van der Waals surface area contributed by atoms with E-state index in [1.807, 2.05) is 19.1 Å². The van der Waals surface area contributed by atoms with E-state index in [2.05, 4.69) is 32.3 Å². The van der Waals surface area contributed by atoms with Crippen molar-refractivity contribution >= 4 is 11.6 Å². The molecule has 1 atom stereocenters. The molecule has 0 bridgehead atoms. The lowest BCUT2D eigenvalue weighted by Crippen LogP contribution is -2.36. The van der Waals surface area contributed by atoms with Crippen LogP contribution >= 0.6 is 0 Å². The van der Waals surface area contributed by atoms with Gasteiger partial charge in [-0.1, -0.05) is 12.1 Å². The van der Waals surface area contributed by atoms with Crippen LogP contribution in [0.15, 0.2) is 48.5 Å². The summed E-state index contributed by atoms with van der Waals surface area (Å²) >= 11 is 0. The lowest BCUT2D eigenvalue weighted by Gasteiger charge is -2.29. The van der Waals surface area contributed by atoms with Crippen molar-refractivity contribution in [3.05, 3.63) is 59.8 Å². The minimum Gasteiger partial charge on any atom is -0.493 e. The Morgan fingerprint density at radius 3 is 2.29 bits per heavy atom. The van der Waals surface area contributed by atoms with Crippen LogP contribution in [0.4, 0.5) is 20.4 Å². The van der Waals surface area contributed by atoms with Crippen molar-refractivity contribution in [2.24, 2.45) is 0 Å². The standard InChI is InChI=1S/C25H28F2N4O3/c1-16(17-4-7-19(8-5-17)31-10-12-34-13-11-31)28-25-29-20(15-21(30-25)24(26)27)18-6-9-22(32-2)23(14-18)33-3/h4-9,14-16,24H,10-13H2,1-3H3,(H,28,29,30)/t16-/m0/s1. The van der Waals surface area contributed by atoms with Crippen LogP contribution in [0.5, 0.6) is 11.5 Å². The maximum Gasteiger partial charge on any atom is 0.280 e. The summed E-state index contributed by atoms with van der Waals surface area (Å²) in [6.45, 7) is 5.11. The van der Waals surface area contributed by atoms with E-state index < -0.39 is 6.43 Å². The summed E-state index contributed by atoms with van der Waals surface area (Å²) in [7, 11) is 3.05. The van der Waals surface area contributed by atoms with Crippen molar-refractivity contribution in [3.63, 3.8) is 0 Å². The first-order valence-electron chi connectivity index (χ1n) is 11.1. The van der Waals surface area contributed by atoms with E-state index in [0.717, 1.165) is 37.6 Å². The first kappa shape index (κ1) is 23.7. The molecule has 2 heterocycles. The van der Waals surface area contributed by atoms with Crippen LogP contribution in [0.1, 0.15) is 30.6 Å². The van der Waals surface area contributed by atoms with Crippen molar-refractivity contribution in [2.45, 2.75) is 19.4 Å². The van der Waals surface area contributed by atoms with E-state index in [-0.39, 0.29) is 17.7 Å². The predicted molar refractivity (Wildman–Crippen MR) is 127 cm³/mol. The molecule has 1 N–H and O–H groups in total. The summed E-state index contributed by atoms with van der Waals surface area (Å²) < 4.78 is 43.2. The number of benzene rings is 2. The van der Waals surface area contributed by atoms with Gasteiger partial charge in [0.2, 0.25) is 5.95 Å². The molecule has 34 heavy (non-hydrogen) atoms. The molecule has 9 heteroatoms. The van der Waals surface area contributed by atoms with E-state index in [9.17, 15) is 8.78 Å². The largest absolute Gasteiger partial charge is 0.493 e. The molecule has 1 aromatic heterocycles. The number of ether oxygens (including phenoxy) is 3. The molecule has 0 unspecified atom stereocenters. The predicted octanol–water partition coefficient (Wildman–Crippen LogP) is 5.11. The minimum absolute atomic E-state index is 0.132. The third kappa shape index (κ3) is 5.36. The maximum absolute atomic E-state index is 13.6. The fourth-order valence-corrected chi connectivity index (χ4v) is 3.86. The number of aromatic nitrogens is 2. The van der Waals surface area contributed by atoms with Crippen LogP contribution in [-0.2, 0) is 4.74 Å². The number of rotatable bonds is 8. The van der Waals surface area contributed by atoms with Crippen LogP contribution in [0.3, 0.4) is 0 Å². The Kier molecular flexibility index (Phi) is 7.42. The second-order valence-electron chi connectivity index (χ2n) is 7.93. The Morgan fingerprint density at radius 1 is 0.941 bits per heavy atom. The fraction of sp³-hybridized carbons (Fsp3) is 0.360. The highest BCUT2D eigenvalue weighted by Crippen LogP contribution is 2.33. The van der Waals surface area contributed by atoms with Crippen molar-refractivity contribution in [1.29, 1.82) is 0 Å². The van der Waals surface area contributed by atoms with E-state index >= 15 is 0 Å². The Balaban J connectivity index is 1.57. The number of halogens is 2. The highest BCUT2D eigenvalue weighted by Gasteiger charge is 2.17. The molecule has 1 fully saturated rings. The van der Waals surface area contributed by atoms with Gasteiger partial charge in [0.05, 0.1) is 39.2 Å². The first-order valence-corrected chi connectivity index (χ1v) is 11.1. The topological polar surface area (TPSA) is 68.7 Å². The Hall–Kier alpha value is -3.46. The van der Waals surface area contributed by atoms with Gasteiger partial charge in [-0.05, 0) is 48.9 Å². The number of methoxy groups -OCH3 is 2. The van der Waals surface area contributed by atoms with Crippen molar-refractivity contribution in [3.8, 4) is 22.8 Å². The summed E-state index contributed by atoms with van der Waals surface area (Å²) in [4.78, 5) is 10.8. The zero-order valence-electron chi connectivity index (χ0n) is 19.4. The monoisotopic (exact) mass is 470 g/mol. The number of anilines is 2. The Bertz CT molecular complexity index is 1110. The molecule has 0 aliphatic carbocycles. The van der Waals surface area contributed by atoms with Gasteiger partial charge in [0, 0.05) is 24.3 Å². The lowest BCUT2D eigenvalue weighted by molar-refractivity contribution is 0.122. The first-order chi connectivity index (χ1) is 16.5. The number of hydrogen-bond donors (Lipinski definition) is 1. The number of hydrogen-bond acceptors (Lipinski definition) is 7. The minimum atomic E-state index is -2.73. The molecule has 1 aliphatic heterocycles. The molecular weight excluding hydrogens is 442 g/mol. The number of nitrogens with one attached hydrogen (secondary N) is 1. The van der Waals surface area contributed by atoms with Gasteiger partial charge in [-0.15, -0.1) is 0 Å². The Morgan fingerprint density at radius 2 is 1.65 bits per heavy atom. The zero-order valence-corrected chi connectivity index (χ0v) is 19.4. The van der Waals surface area contributed by atoms with Gasteiger partial charge in [-0.2, -0.15) is 0 Å². The summed E-state index contributed by atoms with van der Waals surface area (Å²) in [6.07, 6.45) is -2.73. The quantitative estimate of drug-likeness (QED) is 0.491. The molecule has 3 aromatic rings. The maximum atomic E-state index is 13.6. The van der Waals surface area contributed by atoms with Crippen molar-refractivity contribution < 1.29 is 23.0 Å². The van der Waals surface area contributed by atoms with Crippen molar-refractivity contribution in [2.75, 3.05) is 50.7 Å². The van der Waals surface area contributed by atoms with Crippen LogP contribution in [-0.4, -0.2) is 50.5 Å². The number of morpholine rings is 1.